The van der Waals surface area contributed by atoms with Gasteiger partial charge in [0, 0.05) is 5.38 Å². The summed E-state index contributed by atoms with van der Waals surface area (Å²) in [5.41, 5.74) is 6.69. The molecule has 2 rings (SSSR count). The van der Waals surface area contributed by atoms with Crippen LogP contribution in [-0.4, -0.2) is 14.6 Å². The zero-order valence-corrected chi connectivity index (χ0v) is 8.51. The van der Waals surface area contributed by atoms with E-state index in [1.807, 2.05) is 4.52 Å². The van der Waals surface area contributed by atoms with E-state index >= 15 is 0 Å². The predicted octanol–water partition coefficient (Wildman–Crippen LogP) is 1.57. The van der Waals surface area contributed by atoms with Crippen LogP contribution in [-0.2, 0) is 6.42 Å². The van der Waals surface area contributed by atoms with E-state index in [0.29, 0.717) is 11.9 Å². The first-order valence-corrected chi connectivity index (χ1v) is 5.13. The van der Waals surface area contributed by atoms with E-state index in [1.165, 1.54) is 5.69 Å². The van der Waals surface area contributed by atoms with Crippen LogP contribution in [0.2, 0.25) is 0 Å². The van der Waals surface area contributed by atoms with Gasteiger partial charge in [-0.15, -0.1) is 16.4 Å². The molecule has 0 radical (unpaired) electrons. The average molecular weight is 196 g/mol. The van der Waals surface area contributed by atoms with Crippen LogP contribution in [0.15, 0.2) is 5.38 Å². The van der Waals surface area contributed by atoms with Crippen molar-refractivity contribution in [2.45, 2.75) is 20.3 Å². The Morgan fingerprint density at radius 1 is 1.62 bits per heavy atom. The zero-order chi connectivity index (χ0) is 9.42. The second-order valence-electron chi connectivity index (χ2n) is 3.49. The highest BCUT2D eigenvalue weighted by molar-refractivity contribution is 7.15. The highest BCUT2D eigenvalue weighted by Gasteiger charge is 2.08. The van der Waals surface area contributed by atoms with Gasteiger partial charge in [-0.1, -0.05) is 13.8 Å². The molecule has 0 aromatic carbocycles. The van der Waals surface area contributed by atoms with Gasteiger partial charge in [0.05, 0.1) is 5.69 Å². The number of nitrogen functional groups attached to an aromatic ring is 1. The number of hydrogen-bond donors (Lipinski definition) is 1. The predicted molar refractivity (Wildman–Crippen MR) is 53.8 cm³/mol. The Balaban J connectivity index is 2.44. The Kier molecular flexibility index (Phi) is 1.95. The number of nitrogens with zero attached hydrogens (tertiary/aromatic N) is 3. The third-order valence-corrected chi connectivity index (χ3v) is 2.65. The summed E-state index contributed by atoms with van der Waals surface area (Å²) >= 11 is 1.59. The first-order valence-electron chi connectivity index (χ1n) is 4.25. The summed E-state index contributed by atoms with van der Waals surface area (Å²) in [6.07, 6.45) is 1.02. The molecule has 0 amide bonds. The minimum atomic E-state index is 0.358. The molecule has 2 heterocycles. The van der Waals surface area contributed by atoms with Crippen LogP contribution in [0.5, 0.6) is 0 Å². The van der Waals surface area contributed by atoms with Gasteiger partial charge in [0.15, 0.2) is 0 Å². The first kappa shape index (κ1) is 8.50. The maximum Gasteiger partial charge on any atom is 0.241 e. The Morgan fingerprint density at radius 3 is 3.08 bits per heavy atom. The Labute approximate surface area is 80.4 Å². The Hall–Kier alpha value is -1.10. The van der Waals surface area contributed by atoms with Gasteiger partial charge in [0.25, 0.3) is 0 Å². The number of rotatable bonds is 2. The van der Waals surface area contributed by atoms with E-state index in [-0.39, 0.29) is 0 Å². The molecule has 0 aliphatic rings. The number of anilines is 1. The van der Waals surface area contributed by atoms with Crippen molar-refractivity contribution in [2.75, 3.05) is 5.73 Å². The molecule has 0 atom stereocenters. The lowest BCUT2D eigenvalue weighted by atomic mass is 10.1. The van der Waals surface area contributed by atoms with Gasteiger partial charge < -0.3 is 5.73 Å². The molecule has 0 bridgehead atoms. The van der Waals surface area contributed by atoms with E-state index in [1.54, 1.807) is 11.3 Å². The molecule has 0 fully saturated rings. The molecule has 70 valence electrons. The van der Waals surface area contributed by atoms with Crippen LogP contribution in [0.25, 0.3) is 4.96 Å². The standard InChI is InChI=1S/C8H12N4S/c1-5(2)3-6-4-13-8-10-7(9)11-12(6)8/h4-5H,3H2,1-2H3,(H2,9,11). The van der Waals surface area contributed by atoms with Crippen LogP contribution in [0.4, 0.5) is 5.95 Å². The molecule has 2 aromatic heterocycles. The third-order valence-electron chi connectivity index (χ3n) is 1.78. The fourth-order valence-corrected chi connectivity index (χ4v) is 2.14. The maximum atomic E-state index is 5.50. The van der Waals surface area contributed by atoms with Crippen LogP contribution in [0.3, 0.4) is 0 Å². The summed E-state index contributed by atoms with van der Waals surface area (Å²) in [5.74, 6) is 0.986. The van der Waals surface area contributed by atoms with Gasteiger partial charge in [-0.25, -0.2) is 4.52 Å². The molecular formula is C8H12N4S. The van der Waals surface area contributed by atoms with Gasteiger partial charge in [0.1, 0.15) is 0 Å². The van der Waals surface area contributed by atoms with Crippen molar-refractivity contribution in [1.29, 1.82) is 0 Å². The second-order valence-corrected chi connectivity index (χ2v) is 4.33. The van der Waals surface area contributed by atoms with Gasteiger partial charge >= 0.3 is 0 Å². The lowest BCUT2D eigenvalue weighted by molar-refractivity contribution is 0.624. The summed E-state index contributed by atoms with van der Waals surface area (Å²) in [6, 6.07) is 0. The third kappa shape index (κ3) is 1.51. The Bertz CT molecular complexity index is 415. The van der Waals surface area contributed by atoms with Crippen LogP contribution >= 0.6 is 11.3 Å². The molecule has 0 unspecified atom stereocenters. The van der Waals surface area contributed by atoms with Gasteiger partial charge in [-0.05, 0) is 12.3 Å². The fraction of sp³-hybridized carbons (Fsp3) is 0.500. The molecule has 0 aliphatic heterocycles. The van der Waals surface area contributed by atoms with Crippen molar-refractivity contribution in [2.24, 2.45) is 5.92 Å². The lowest BCUT2D eigenvalue weighted by Crippen LogP contribution is -1.99. The van der Waals surface area contributed by atoms with Crippen molar-refractivity contribution < 1.29 is 0 Å². The van der Waals surface area contributed by atoms with Crippen molar-refractivity contribution in [1.82, 2.24) is 14.6 Å². The van der Waals surface area contributed by atoms with Crippen molar-refractivity contribution in [3.63, 3.8) is 0 Å². The molecular weight excluding hydrogens is 184 g/mol. The lowest BCUT2D eigenvalue weighted by Gasteiger charge is -2.00. The normalized spacial score (nSPS) is 11.6. The average Bonchev–Trinajstić information content (AvgIpc) is 2.51. The molecule has 0 saturated heterocycles. The highest BCUT2D eigenvalue weighted by Crippen LogP contribution is 2.17. The molecule has 0 saturated carbocycles. The second kappa shape index (κ2) is 2.99. The van der Waals surface area contributed by atoms with Gasteiger partial charge in [-0.3, -0.25) is 0 Å². The van der Waals surface area contributed by atoms with Gasteiger partial charge in [-0.2, -0.15) is 4.98 Å². The summed E-state index contributed by atoms with van der Waals surface area (Å²) < 4.78 is 1.83. The summed E-state index contributed by atoms with van der Waals surface area (Å²) in [7, 11) is 0. The van der Waals surface area contributed by atoms with E-state index < -0.39 is 0 Å². The minimum Gasteiger partial charge on any atom is -0.366 e. The smallest absolute Gasteiger partial charge is 0.241 e. The first-order chi connectivity index (χ1) is 6.16. The number of fused-ring (bicyclic) bond motifs is 1. The SMILES string of the molecule is CC(C)Cc1csc2nc(N)nn12. The largest absolute Gasteiger partial charge is 0.366 e. The molecule has 0 aliphatic carbocycles. The summed E-state index contributed by atoms with van der Waals surface area (Å²) in [6.45, 7) is 4.37. The quantitative estimate of drug-likeness (QED) is 0.793. The molecule has 13 heavy (non-hydrogen) atoms. The number of thiazole rings is 1. The minimum absolute atomic E-state index is 0.358. The molecule has 2 N–H and O–H groups in total. The molecule has 2 aromatic rings. The number of nitrogens with two attached hydrogens (primary N) is 1. The zero-order valence-electron chi connectivity index (χ0n) is 7.69. The number of hydrogen-bond acceptors (Lipinski definition) is 4. The highest BCUT2D eigenvalue weighted by atomic mass is 32.1. The summed E-state index contributed by atoms with van der Waals surface area (Å²) in [5, 5.41) is 6.21. The number of aromatic nitrogens is 3. The van der Waals surface area contributed by atoms with Crippen molar-refractivity contribution >= 4 is 22.2 Å². The monoisotopic (exact) mass is 196 g/mol. The van der Waals surface area contributed by atoms with E-state index in [0.717, 1.165) is 11.4 Å². The van der Waals surface area contributed by atoms with E-state index in [4.69, 9.17) is 5.73 Å². The van der Waals surface area contributed by atoms with Crippen LogP contribution in [0.1, 0.15) is 19.5 Å². The van der Waals surface area contributed by atoms with Crippen molar-refractivity contribution in [3.05, 3.63) is 11.1 Å². The van der Waals surface area contributed by atoms with Crippen LogP contribution in [0, 0.1) is 5.92 Å². The van der Waals surface area contributed by atoms with Crippen molar-refractivity contribution in [3.8, 4) is 0 Å². The molecule has 0 spiro atoms. The molecule has 5 heteroatoms. The maximum absolute atomic E-state index is 5.50. The van der Waals surface area contributed by atoms with Crippen LogP contribution < -0.4 is 5.73 Å². The summed E-state index contributed by atoms with van der Waals surface area (Å²) in [4.78, 5) is 4.97. The topological polar surface area (TPSA) is 56.2 Å². The fourth-order valence-electron chi connectivity index (χ4n) is 1.30. The molecule has 4 nitrogen and oxygen atoms in total. The van der Waals surface area contributed by atoms with E-state index in [2.05, 4.69) is 29.3 Å². The van der Waals surface area contributed by atoms with Gasteiger partial charge in [0.2, 0.25) is 10.9 Å². The Morgan fingerprint density at radius 2 is 2.38 bits per heavy atom. The van der Waals surface area contributed by atoms with E-state index in [9.17, 15) is 0 Å².